The van der Waals surface area contributed by atoms with Crippen molar-refractivity contribution in [1.82, 2.24) is 4.90 Å². The predicted octanol–water partition coefficient (Wildman–Crippen LogP) is 5.81. The molecule has 0 aromatic heterocycles. The van der Waals surface area contributed by atoms with Crippen LogP contribution in [0.25, 0.3) is 11.1 Å². The predicted molar refractivity (Wildman–Crippen MR) is 139 cm³/mol. The minimum atomic E-state index is -5.06. The number of nitrogens with zero attached hydrogens (tertiary/aromatic N) is 2. The standard InChI is InChI=1S/C28H25F7N4O2/c1-13-11-39(12-14(2)38(13)3)24-10-20(30)18(15-6-21(31)25(26(36)40)22(32)7-15)9-23(24)37-27(41)17-5-4-16(29)8-19(17)28(33,34)35/h4-10,13-14H,11-12H2,1-3H3,(H2,36,40)(H,37,41)/t13-,14?/m1/s1. The van der Waals surface area contributed by atoms with Crippen LogP contribution in [0.3, 0.4) is 0 Å². The zero-order valence-corrected chi connectivity index (χ0v) is 22.0. The molecular formula is C28H25F7N4O2. The Balaban J connectivity index is 1.86. The van der Waals surface area contributed by atoms with E-state index in [1.165, 1.54) is 0 Å². The molecule has 1 aliphatic heterocycles. The van der Waals surface area contributed by atoms with Crippen molar-refractivity contribution in [1.29, 1.82) is 0 Å². The Morgan fingerprint density at radius 2 is 1.49 bits per heavy atom. The van der Waals surface area contributed by atoms with Crippen LogP contribution in [-0.4, -0.2) is 48.9 Å². The molecule has 3 aromatic rings. The van der Waals surface area contributed by atoms with Crippen molar-refractivity contribution in [2.24, 2.45) is 5.73 Å². The third-order valence-corrected chi connectivity index (χ3v) is 7.17. The molecule has 2 amide bonds. The summed E-state index contributed by atoms with van der Waals surface area (Å²) in [5, 5.41) is 2.35. The Morgan fingerprint density at radius 1 is 0.902 bits per heavy atom. The van der Waals surface area contributed by atoms with Crippen LogP contribution >= 0.6 is 0 Å². The highest BCUT2D eigenvalue weighted by Crippen LogP contribution is 2.38. The molecule has 0 saturated carbocycles. The van der Waals surface area contributed by atoms with Gasteiger partial charge in [-0.1, -0.05) is 0 Å². The van der Waals surface area contributed by atoms with Gasteiger partial charge in [0.25, 0.3) is 11.8 Å². The number of piperazine rings is 1. The molecular weight excluding hydrogens is 557 g/mol. The molecule has 2 atom stereocenters. The summed E-state index contributed by atoms with van der Waals surface area (Å²) >= 11 is 0. The number of nitrogens with two attached hydrogens (primary N) is 1. The van der Waals surface area contributed by atoms with Crippen LogP contribution in [-0.2, 0) is 6.18 Å². The van der Waals surface area contributed by atoms with Gasteiger partial charge in [0, 0.05) is 30.7 Å². The second kappa shape index (κ2) is 11.0. The summed E-state index contributed by atoms with van der Waals surface area (Å²) in [7, 11) is 1.89. The fourth-order valence-corrected chi connectivity index (χ4v) is 4.85. The Labute approximate surface area is 230 Å². The first-order valence-electron chi connectivity index (χ1n) is 12.4. The molecule has 0 radical (unpaired) electrons. The molecule has 1 unspecified atom stereocenters. The average molecular weight is 583 g/mol. The summed E-state index contributed by atoms with van der Waals surface area (Å²) in [5.41, 5.74) is 0.735. The minimum absolute atomic E-state index is 0.0384. The van der Waals surface area contributed by atoms with E-state index in [1.54, 1.807) is 4.90 Å². The minimum Gasteiger partial charge on any atom is -0.367 e. The van der Waals surface area contributed by atoms with Gasteiger partial charge in [0.05, 0.1) is 22.5 Å². The number of nitrogens with one attached hydrogen (secondary N) is 1. The molecule has 6 nitrogen and oxygen atoms in total. The van der Waals surface area contributed by atoms with Crippen LogP contribution in [0.5, 0.6) is 0 Å². The first-order chi connectivity index (χ1) is 19.1. The molecule has 0 bridgehead atoms. The van der Waals surface area contributed by atoms with Crippen molar-refractivity contribution < 1.29 is 40.3 Å². The molecule has 1 aliphatic rings. The Bertz CT molecular complexity index is 1490. The summed E-state index contributed by atoms with van der Waals surface area (Å²) in [6, 6.07) is 4.85. The molecule has 3 N–H and O–H groups in total. The average Bonchev–Trinajstić information content (AvgIpc) is 2.86. The van der Waals surface area contributed by atoms with Gasteiger partial charge in [0.2, 0.25) is 0 Å². The monoisotopic (exact) mass is 582 g/mol. The summed E-state index contributed by atoms with van der Waals surface area (Å²) in [6.45, 7) is 4.52. The van der Waals surface area contributed by atoms with Crippen molar-refractivity contribution in [2.45, 2.75) is 32.1 Å². The smallest absolute Gasteiger partial charge is 0.367 e. The largest absolute Gasteiger partial charge is 0.417 e. The van der Waals surface area contributed by atoms with E-state index in [0.717, 1.165) is 12.1 Å². The number of carbonyl (C=O) groups is 2. The molecule has 0 aliphatic carbocycles. The number of carbonyl (C=O) groups excluding carboxylic acids is 2. The number of likely N-dealkylation sites (N-methyl/N-ethyl adjacent to an activating group) is 1. The number of benzene rings is 3. The van der Waals surface area contributed by atoms with Crippen molar-refractivity contribution in [2.75, 3.05) is 30.4 Å². The van der Waals surface area contributed by atoms with Gasteiger partial charge in [-0.2, -0.15) is 13.2 Å². The van der Waals surface area contributed by atoms with E-state index >= 15 is 4.39 Å². The maximum atomic E-state index is 15.5. The number of alkyl halides is 3. The fourth-order valence-electron chi connectivity index (χ4n) is 4.85. The van der Waals surface area contributed by atoms with Gasteiger partial charge in [-0.05, 0) is 68.9 Å². The van der Waals surface area contributed by atoms with E-state index in [-0.39, 0.29) is 35.1 Å². The normalized spacial score (nSPS) is 18.0. The van der Waals surface area contributed by atoms with E-state index < -0.39 is 63.5 Å². The molecule has 218 valence electrons. The van der Waals surface area contributed by atoms with E-state index in [9.17, 15) is 35.9 Å². The maximum absolute atomic E-state index is 15.5. The summed E-state index contributed by atoms with van der Waals surface area (Å²) in [6.07, 6.45) is -5.06. The molecule has 13 heteroatoms. The second-order valence-corrected chi connectivity index (χ2v) is 9.94. The van der Waals surface area contributed by atoms with E-state index in [1.807, 2.05) is 20.9 Å². The topological polar surface area (TPSA) is 78.7 Å². The molecule has 1 heterocycles. The van der Waals surface area contributed by atoms with Crippen LogP contribution in [0.15, 0.2) is 42.5 Å². The third-order valence-electron chi connectivity index (χ3n) is 7.17. The van der Waals surface area contributed by atoms with Crippen LogP contribution in [0.4, 0.5) is 42.1 Å². The second-order valence-electron chi connectivity index (χ2n) is 9.94. The van der Waals surface area contributed by atoms with Gasteiger partial charge in [0.15, 0.2) is 0 Å². The van der Waals surface area contributed by atoms with E-state index in [2.05, 4.69) is 10.2 Å². The molecule has 1 fully saturated rings. The highest BCUT2D eigenvalue weighted by molar-refractivity contribution is 6.07. The summed E-state index contributed by atoms with van der Waals surface area (Å²) in [4.78, 5) is 28.3. The highest BCUT2D eigenvalue weighted by atomic mass is 19.4. The highest BCUT2D eigenvalue weighted by Gasteiger charge is 2.36. The Hall–Kier alpha value is -4.13. The van der Waals surface area contributed by atoms with Crippen LogP contribution in [0.2, 0.25) is 0 Å². The number of halogens is 7. The molecule has 4 rings (SSSR count). The Morgan fingerprint density at radius 3 is 2.02 bits per heavy atom. The zero-order valence-electron chi connectivity index (χ0n) is 22.0. The van der Waals surface area contributed by atoms with Gasteiger partial charge in [0.1, 0.15) is 28.8 Å². The number of hydrogen-bond donors (Lipinski definition) is 2. The van der Waals surface area contributed by atoms with Crippen molar-refractivity contribution in [3.63, 3.8) is 0 Å². The lowest BCUT2D eigenvalue weighted by molar-refractivity contribution is -0.138. The Kier molecular flexibility index (Phi) is 8.03. The first kappa shape index (κ1) is 29.8. The molecule has 41 heavy (non-hydrogen) atoms. The van der Waals surface area contributed by atoms with Gasteiger partial charge >= 0.3 is 6.18 Å². The van der Waals surface area contributed by atoms with Crippen LogP contribution < -0.4 is 16.0 Å². The third kappa shape index (κ3) is 5.99. The van der Waals surface area contributed by atoms with Crippen LogP contribution in [0.1, 0.15) is 40.1 Å². The van der Waals surface area contributed by atoms with Gasteiger partial charge in [-0.15, -0.1) is 0 Å². The number of primary amides is 1. The maximum Gasteiger partial charge on any atom is 0.417 e. The fraction of sp³-hybridized carbons (Fsp3) is 0.286. The molecule has 0 spiro atoms. The number of rotatable bonds is 5. The van der Waals surface area contributed by atoms with Crippen LogP contribution in [0, 0.1) is 23.3 Å². The zero-order chi connectivity index (χ0) is 30.4. The number of hydrogen-bond acceptors (Lipinski definition) is 4. The van der Waals surface area contributed by atoms with Gasteiger partial charge < -0.3 is 16.0 Å². The van der Waals surface area contributed by atoms with E-state index in [0.29, 0.717) is 37.4 Å². The molecule has 3 aromatic carbocycles. The molecule has 1 saturated heterocycles. The van der Waals surface area contributed by atoms with Crippen molar-refractivity contribution >= 4 is 23.2 Å². The summed E-state index contributed by atoms with van der Waals surface area (Å²) in [5.74, 6) is -7.53. The SMILES string of the molecule is CC1CN(c2cc(F)c(-c3cc(F)c(C(N)=O)c(F)c3)cc2NC(=O)c2ccc(F)cc2C(F)(F)F)C[C@@H](C)N1C. The quantitative estimate of drug-likeness (QED) is 0.373. The lowest BCUT2D eigenvalue weighted by Crippen LogP contribution is -2.55. The van der Waals surface area contributed by atoms with Gasteiger partial charge in [-0.3, -0.25) is 14.5 Å². The van der Waals surface area contributed by atoms with Gasteiger partial charge in [-0.25, -0.2) is 17.6 Å². The van der Waals surface area contributed by atoms with Crippen molar-refractivity contribution in [3.8, 4) is 11.1 Å². The number of amides is 2. The van der Waals surface area contributed by atoms with Crippen molar-refractivity contribution in [3.05, 3.63) is 82.4 Å². The van der Waals surface area contributed by atoms with E-state index in [4.69, 9.17) is 5.73 Å². The first-order valence-corrected chi connectivity index (χ1v) is 12.4. The lowest BCUT2D eigenvalue weighted by atomic mass is 9.99. The summed E-state index contributed by atoms with van der Waals surface area (Å²) < 4.78 is 99.0. The lowest BCUT2D eigenvalue weighted by Gasteiger charge is -2.44. The number of anilines is 2.